The second-order valence-electron chi connectivity index (χ2n) is 5.02. The molecule has 0 unspecified atom stereocenters. The van der Waals surface area contributed by atoms with Crippen LogP contribution in [0, 0.1) is 13.8 Å². The summed E-state index contributed by atoms with van der Waals surface area (Å²) in [6.07, 6.45) is -0.127. The van der Waals surface area contributed by atoms with Gasteiger partial charge in [0.25, 0.3) is 5.91 Å². The highest BCUT2D eigenvalue weighted by molar-refractivity contribution is 9.10. The predicted molar refractivity (Wildman–Crippen MR) is 78.0 cm³/mol. The van der Waals surface area contributed by atoms with Crippen LogP contribution in [0.1, 0.15) is 27.9 Å². The maximum Gasteiger partial charge on any atom is 0.255 e. The summed E-state index contributed by atoms with van der Waals surface area (Å²) < 4.78 is 6.00. The van der Waals surface area contributed by atoms with Crippen molar-refractivity contribution in [2.75, 3.05) is 13.2 Å². The number of carbonyl (C=O) groups excluding carboxylic acids is 1. The smallest absolute Gasteiger partial charge is 0.255 e. The van der Waals surface area contributed by atoms with E-state index in [2.05, 4.69) is 21.2 Å². The maximum absolute atomic E-state index is 12.2. The van der Waals surface area contributed by atoms with E-state index in [1.54, 1.807) is 13.0 Å². The molecule has 1 aromatic rings. The molecule has 1 aliphatic heterocycles. The van der Waals surface area contributed by atoms with Crippen molar-refractivity contribution in [1.29, 1.82) is 0 Å². The van der Waals surface area contributed by atoms with Crippen LogP contribution in [0.25, 0.3) is 0 Å². The lowest BCUT2D eigenvalue weighted by atomic mass is 10.0. The highest BCUT2D eigenvalue weighted by Gasteiger charge is 2.27. The van der Waals surface area contributed by atoms with E-state index >= 15 is 0 Å². The molecule has 1 saturated heterocycles. The number of rotatable bonds is 2. The molecule has 0 spiro atoms. The van der Waals surface area contributed by atoms with Gasteiger partial charge in [-0.05, 0) is 37.5 Å². The fourth-order valence-electron chi connectivity index (χ4n) is 2.15. The molecular weight excluding hydrogens is 326 g/mol. The van der Waals surface area contributed by atoms with Crippen LogP contribution in [-0.2, 0) is 4.74 Å². The van der Waals surface area contributed by atoms with Crippen LogP contribution < -0.4 is 5.32 Å². The van der Waals surface area contributed by atoms with Gasteiger partial charge in [-0.15, -0.1) is 0 Å². The summed E-state index contributed by atoms with van der Waals surface area (Å²) in [6, 6.07) is 1.14. The van der Waals surface area contributed by atoms with E-state index < -0.39 is 18.1 Å². The van der Waals surface area contributed by atoms with E-state index in [1.807, 2.05) is 6.92 Å². The molecule has 0 radical (unpaired) electrons. The van der Waals surface area contributed by atoms with Crippen LogP contribution in [0.3, 0.4) is 0 Å². The molecular formula is C14H18BrNO4. The average molecular weight is 344 g/mol. The van der Waals surface area contributed by atoms with Crippen LogP contribution >= 0.6 is 15.9 Å². The minimum Gasteiger partial charge on any atom is -0.507 e. The summed E-state index contributed by atoms with van der Waals surface area (Å²) >= 11 is 3.37. The quantitative estimate of drug-likeness (QED) is 0.762. The first-order valence-corrected chi connectivity index (χ1v) is 7.26. The number of ether oxygens (including phenoxy) is 1. The summed E-state index contributed by atoms with van der Waals surface area (Å²) in [5, 5.41) is 22.6. The number of aliphatic hydroxyl groups is 1. The molecule has 2 rings (SSSR count). The molecule has 6 heteroatoms. The number of hydrogen-bond acceptors (Lipinski definition) is 4. The first-order valence-electron chi connectivity index (χ1n) is 6.47. The Morgan fingerprint density at radius 3 is 2.80 bits per heavy atom. The molecule has 110 valence electrons. The summed E-state index contributed by atoms with van der Waals surface area (Å²) in [4.78, 5) is 12.2. The molecule has 1 aliphatic rings. The molecule has 20 heavy (non-hydrogen) atoms. The molecule has 0 aliphatic carbocycles. The minimum absolute atomic E-state index is 0.0329. The fourth-order valence-corrected chi connectivity index (χ4v) is 2.67. The Morgan fingerprint density at radius 1 is 1.45 bits per heavy atom. The molecule has 1 heterocycles. The number of nitrogens with one attached hydrogen (secondary N) is 1. The second-order valence-corrected chi connectivity index (χ2v) is 5.87. The molecule has 3 N–H and O–H groups in total. The van der Waals surface area contributed by atoms with E-state index in [0.717, 1.165) is 10.0 Å². The third-order valence-corrected chi connectivity index (χ3v) is 4.51. The Bertz CT molecular complexity index is 532. The fraction of sp³-hybridized carbons (Fsp3) is 0.500. The first kappa shape index (κ1) is 15.3. The molecule has 1 fully saturated rings. The minimum atomic E-state index is -0.621. The lowest BCUT2D eigenvalue weighted by molar-refractivity contribution is -0.0140. The molecule has 5 nitrogen and oxygen atoms in total. The third-order valence-electron chi connectivity index (χ3n) is 3.68. The zero-order valence-corrected chi connectivity index (χ0v) is 13.0. The van der Waals surface area contributed by atoms with Crippen LogP contribution in [0.15, 0.2) is 10.5 Å². The van der Waals surface area contributed by atoms with Crippen molar-refractivity contribution >= 4 is 21.8 Å². The molecule has 0 saturated carbocycles. The number of carbonyl (C=O) groups is 1. The molecule has 1 amide bonds. The lowest BCUT2D eigenvalue weighted by Crippen LogP contribution is -2.49. The van der Waals surface area contributed by atoms with E-state index in [9.17, 15) is 15.0 Å². The van der Waals surface area contributed by atoms with Crippen molar-refractivity contribution in [2.24, 2.45) is 0 Å². The largest absolute Gasteiger partial charge is 0.507 e. The van der Waals surface area contributed by atoms with Crippen molar-refractivity contribution in [3.05, 3.63) is 27.2 Å². The Labute approximate surface area is 126 Å². The first-order chi connectivity index (χ1) is 9.41. The number of amides is 1. The van der Waals surface area contributed by atoms with Gasteiger partial charge in [0, 0.05) is 11.1 Å². The van der Waals surface area contributed by atoms with Crippen molar-refractivity contribution in [3.8, 4) is 5.75 Å². The highest BCUT2D eigenvalue weighted by atomic mass is 79.9. The summed E-state index contributed by atoms with van der Waals surface area (Å²) in [7, 11) is 0. The highest BCUT2D eigenvalue weighted by Crippen LogP contribution is 2.31. The zero-order valence-electron chi connectivity index (χ0n) is 11.4. The van der Waals surface area contributed by atoms with Gasteiger partial charge in [0.2, 0.25) is 0 Å². The van der Waals surface area contributed by atoms with Crippen molar-refractivity contribution in [3.63, 3.8) is 0 Å². The number of phenols is 1. The van der Waals surface area contributed by atoms with E-state index in [1.165, 1.54) is 0 Å². The zero-order chi connectivity index (χ0) is 14.9. The van der Waals surface area contributed by atoms with Crippen LogP contribution in [0.2, 0.25) is 0 Å². The topological polar surface area (TPSA) is 78.8 Å². The number of hydrogen-bond donors (Lipinski definition) is 3. The summed E-state index contributed by atoms with van der Waals surface area (Å²) in [5.41, 5.74) is 1.74. The van der Waals surface area contributed by atoms with Gasteiger partial charge in [-0.2, -0.15) is 0 Å². The SMILES string of the molecule is Cc1c(Br)cc(C(=O)N[C@@H]2COCC[C@H]2O)c(O)c1C. The Morgan fingerprint density at radius 2 is 2.15 bits per heavy atom. The van der Waals surface area contributed by atoms with Gasteiger partial charge in [0.1, 0.15) is 5.75 Å². The van der Waals surface area contributed by atoms with Gasteiger partial charge < -0.3 is 20.3 Å². The van der Waals surface area contributed by atoms with Crippen LogP contribution in [-0.4, -0.2) is 41.5 Å². The van der Waals surface area contributed by atoms with E-state index in [4.69, 9.17) is 4.74 Å². The normalized spacial score (nSPS) is 22.6. The van der Waals surface area contributed by atoms with E-state index in [-0.39, 0.29) is 17.9 Å². The van der Waals surface area contributed by atoms with Gasteiger partial charge in [0.05, 0.1) is 24.3 Å². The molecule has 1 aromatic carbocycles. The standard InChI is InChI=1S/C14H18BrNO4/c1-7-8(2)13(18)9(5-10(7)15)14(19)16-11-6-20-4-3-12(11)17/h5,11-12,17-18H,3-4,6H2,1-2H3,(H,16,19)/t11-,12-/m1/s1. The van der Waals surface area contributed by atoms with Gasteiger partial charge >= 0.3 is 0 Å². The number of benzene rings is 1. The van der Waals surface area contributed by atoms with Gasteiger partial charge in [-0.1, -0.05) is 15.9 Å². The lowest BCUT2D eigenvalue weighted by Gasteiger charge is -2.28. The number of halogens is 1. The van der Waals surface area contributed by atoms with Crippen molar-refractivity contribution in [1.82, 2.24) is 5.32 Å². The average Bonchev–Trinajstić information content (AvgIpc) is 2.43. The number of aliphatic hydroxyl groups excluding tert-OH is 1. The monoisotopic (exact) mass is 343 g/mol. The van der Waals surface area contributed by atoms with Crippen LogP contribution in [0.5, 0.6) is 5.75 Å². The van der Waals surface area contributed by atoms with Crippen molar-refractivity contribution in [2.45, 2.75) is 32.4 Å². The van der Waals surface area contributed by atoms with Gasteiger partial charge in [-0.25, -0.2) is 0 Å². The Balaban J connectivity index is 2.21. The predicted octanol–water partition coefficient (Wildman–Crippen LogP) is 1.65. The van der Waals surface area contributed by atoms with Crippen molar-refractivity contribution < 1.29 is 19.7 Å². The van der Waals surface area contributed by atoms with Gasteiger partial charge in [-0.3, -0.25) is 4.79 Å². The summed E-state index contributed by atoms with van der Waals surface area (Å²) in [6.45, 7) is 4.39. The number of phenolic OH excluding ortho intramolecular Hbond substituents is 1. The third kappa shape index (κ3) is 2.97. The van der Waals surface area contributed by atoms with Crippen LogP contribution in [0.4, 0.5) is 0 Å². The Kier molecular flexibility index (Phi) is 4.67. The summed E-state index contributed by atoms with van der Waals surface area (Å²) in [5.74, 6) is -0.449. The Hall–Kier alpha value is -1.11. The van der Waals surface area contributed by atoms with Gasteiger partial charge in [0.15, 0.2) is 0 Å². The molecule has 0 aromatic heterocycles. The maximum atomic E-state index is 12.2. The second kappa shape index (κ2) is 6.11. The molecule has 2 atom stereocenters. The van der Waals surface area contributed by atoms with E-state index in [0.29, 0.717) is 18.6 Å². The number of aromatic hydroxyl groups is 1. The molecule has 0 bridgehead atoms.